The molecule has 8 radical (unpaired) electrons. The third-order valence-electron chi connectivity index (χ3n) is 9.69. The molecule has 0 N–H and O–H groups in total. The van der Waals surface area contributed by atoms with Crippen molar-refractivity contribution in [3.8, 4) is 0 Å². The van der Waals surface area contributed by atoms with Gasteiger partial charge in [-0.05, 0) is 79.7 Å². The lowest BCUT2D eigenvalue weighted by Gasteiger charge is -2.48. The molecule has 0 heterocycles. The lowest BCUT2D eigenvalue weighted by molar-refractivity contribution is 0.481. The maximum atomic E-state index is 3.80. The molecule has 0 saturated heterocycles. The molecule has 33 heavy (non-hydrogen) atoms. The Balaban J connectivity index is 1.37. The molecular formula is C31H48P2. The summed E-state index contributed by atoms with van der Waals surface area (Å²) < 4.78 is 0. The SMILES string of the molecule is C[C@H]([C]1[C][C][C][C]1P(C1CCCCC1)C1CCCCC1)P(C1CCCCC1)C1CCCCC1. The van der Waals surface area contributed by atoms with Crippen molar-refractivity contribution in [1.82, 2.24) is 0 Å². The molecule has 0 amide bonds. The van der Waals surface area contributed by atoms with E-state index in [0.29, 0.717) is 0 Å². The molecule has 0 aromatic heterocycles. The maximum absolute atomic E-state index is 3.80. The quantitative estimate of drug-likeness (QED) is 0.317. The third-order valence-corrected chi connectivity index (χ3v) is 17.0. The summed E-state index contributed by atoms with van der Waals surface area (Å²) in [5.74, 6) is 1.64. The van der Waals surface area contributed by atoms with Gasteiger partial charge < -0.3 is 0 Å². The Morgan fingerprint density at radius 1 is 0.545 bits per heavy atom. The van der Waals surface area contributed by atoms with E-state index in [1.807, 2.05) is 0 Å². The summed E-state index contributed by atoms with van der Waals surface area (Å²) >= 11 is 0. The van der Waals surface area contributed by atoms with Gasteiger partial charge in [-0.3, -0.25) is 0 Å². The van der Waals surface area contributed by atoms with Crippen LogP contribution in [0.2, 0.25) is 0 Å². The molecule has 0 nitrogen and oxygen atoms in total. The molecule has 0 unspecified atom stereocenters. The zero-order valence-electron chi connectivity index (χ0n) is 21.4. The van der Waals surface area contributed by atoms with E-state index in [2.05, 4.69) is 26.2 Å². The van der Waals surface area contributed by atoms with Gasteiger partial charge in [0.1, 0.15) is 0 Å². The Bertz CT molecular complexity index is 515. The van der Waals surface area contributed by atoms with Gasteiger partial charge in [-0.1, -0.05) is 99.8 Å². The second kappa shape index (κ2) is 12.9. The zero-order chi connectivity index (χ0) is 22.5. The average Bonchev–Trinajstić information content (AvgIpc) is 3.36. The van der Waals surface area contributed by atoms with E-state index in [1.54, 1.807) is 11.6 Å². The van der Waals surface area contributed by atoms with Crippen LogP contribution in [0, 0.1) is 30.8 Å². The highest BCUT2D eigenvalue weighted by Crippen LogP contribution is 2.71. The van der Waals surface area contributed by atoms with Gasteiger partial charge in [0.15, 0.2) is 0 Å². The highest BCUT2D eigenvalue weighted by Gasteiger charge is 2.48. The van der Waals surface area contributed by atoms with Gasteiger partial charge in [-0.2, -0.15) is 0 Å². The average molecular weight is 483 g/mol. The zero-order valence-corrected chi connectivity index (χ0v) is 23.2. The molecule has 5 aliphatic carbocycles. The van der Waals surface area contributed by atoms with Crippen LogP contribution in [0.25, 0.3) is 0 Å². The number of rotatable bonds is 7. The van der Waals surface area contributed by atoms with Crippen LogP contribution in [-0.4, -0.2) is 28.3 Å². The Morgan fingerprint density at radius 3 is 1.36 bits per heavy atom. The minimum Gasteiger partial charge on any atom is -0.0968 e. The smallest absolute Gasteiger partial charge is 0.0167 e. The fourth-order valence-corrected chi connectivity index (χ4v) is 16.3. The van der Waals surface area contributed by atoms with Crippen molar-refractivity contribution in [1.29, 1.82) is 0 Å². The van der Waals surface area contributed by atoms with Crippen molar-refractivity contribution in [3.63, 3.8) is 0 Å². The minimum atomic E-state index is -0.0756. The van der Waals surface area contributed by atoms with Crippen molar-refractivity contribution in [2.24, 2.45) is 0 Å². The molecule has 0 aliphatic heterocycles. The molecule has 182 valence electrons. The monoisotopic (exact) mass is 482 g/mol. The molecule has 5 rings (SSSR count). The molecule has 5 fully saturated rings. The first-order chi connectivity index (χ1) is 16.3. The molecule has 2 heteroatoms. The van der Waals surface area contributed by atoms with Crippen molar-refractivity contribution >= 4 is 15.8 Å². The van der Waals surface area contributed by atoms with Crippen LogP contribution in [0.15, 0.2) is 0 Å². The van der Waals surface area contributed by atoms with Gasteiger partial charge in [-0.15, -0.1) is 0 Å². The van der Waals surface area contributed by atoms with E-state index < -0.39 is 0 Å². The summed E-state index contributed by atoms with van der Waals surface area (Å²) in [6.07, 6.45) is 41.0. The first-order valence-corrected chi connectivity index (χ1v) is 17.9. The van der Waals surface area contributed by atoms with Crippen LogP contribution in [0.4, 0.5) is 0 Å². The van der Waals surface area contributed by atoms with E-state index >= 15 is 0 Å². The summed E-state index contributed by atoms with van der Waals surface area (Å²) in [4.78, 5) is 0. The van der Waals surface area contributed by atoms with Crippen LogP contribution in [0.1, 0.15) is 135 Å². The molecule has 0 aromatic rings. The van der Waals surface area contributed by atoms with Crippen LogP contribution in [0.3, 0.4) is 0 Å². The predicted octanol–water partition coefficient (Wildman–Crippen LogP) is 10.0. The van der Waals surface area contributed by atoms with E-state index in [0.717, 1.165) is 28.3 Å². The van der Waals surface area contributed by atoms with Gasteiger partial charge in [0.2, 0.25) is 0 Å². The second-order valence-corrected chi connectivity index (χ2v) is 17.7. The lowest BCUT2D eigenvalue weighted by atomic mass is 9.99. The Kier molecular flexibility index (Phi) is 9.97. The molecule has 5 aliphatic rings. The van der Waals surface area contributed by atoms with Gasteiger partial charge in [0.25, 0.3) is 0 Å². The maximum Gasteiger partial charge on any atom is 0.0167 e. The summed E-state index contributed by atoms with van der Waals surface area (Å²) in [6, 6.07) is 0. The fraction of sp³-hybridized carbons (Fsp3) is 0.839. The van der Waals surface area contributed by atoms with Crippen LogP contribution in [-0.2, 0) is 0 Å². The summed E-state index contributed by atoms with van der Waals surface area (Å²) in [5.41, 5.74) is 6.42. The van der Waals surface area contributed by atoms with E-state index in [1.165, 1.54) is 128 Å². The largest absolute Gasteiger partial charge is 0.0968 e. The lowest BCUT2D eigenvalue weighted by Crippen LogP contribution is -2.31. The highest BCUT2D eigenvalue weighted by atomic mass is 31.1. The van der Waals surface area contributed by atoms with E-state index in [9.17, 15) is 0 Å². The summed E-state index contributed by atoms with van der Waals surface area (Å²) in [6.45, 7) is 2.65. The van der Waals surface area contributed by atoms with Crippen LogP contribution in [0.5, 0.6) is 0 Å². The van der Waals surface area contributed by atoms with Crippen LogP contribution < -0.4 is 0 Å². The fourth-order valence-electron chi connectivity index (χ4n) is 8.01. The van der Waals surface area contributed by atoms with Gasteiger partial charge in [0, 0.05) is 30.8 Å². The second-order valence-electron chi connectivity index (χ2n) is 11.8. The Morgan fingerprint density at radius 2 is 0.939 bits per heavy atom. The first kappa shape index (κ1) is 25.5. The van der Waals surface area contributed by atoms with E-state index in [4.69, 9.17) is 0 Å². The molecule has 0 spiro atoms. The van der Waals surface area contributed by atoms with E-state index in [-0.39, 0.29) is 15.8 Å². The Hall–Kier alpha value is 0.860. The normalized spacial score (nSPS) is 29.9. The molecule has 1 atom stereocenters. The van der Waals surface area contributed by atoms with Gasteiger partial charge in [-0.25, -0.2) is 0 Å². The highest BCUT2D eigenvalue weighted by molar-refractivity contribution is 7.63. The number of hydrogen-bond donors (Lipinski definition) is 0. The van der Waals surface area contributed by atoms with Crippen LogP contribution >= 0.6 is 15.8 Å². The Labute approximate surface area is 210 Å². The van der Waals surface area contributed by atoms with Crippen molar-refractivity contribution in [2.75, 3.05) is 0 Å². The van der Waals surface area contributed by atoms with Gasteiger partial charge in [0.05, 0.1) is 0 Å². The number of hydrogen-bond acceptors (Lipinski definition) is 0. The standard InChI is InChI=1S/C31H48P2/c1-25(32(26-15-6-2-7-16-26)27-17-8-3-9-18-27)30-23-14-24-31(30)33(28-19-10-4-11-20-28)29-21-12-5-13-22-29/h25-29H,2-13,15-22H2,1H3/t25-/m1/s1. The van der Waals surface area contributed by atoms with Gasteiger partial charge >= 0.3 is 0 Å². The predicted molar refractivity (Wildman–Crippen MR) is 147 cm³/mol. The summed E-state index contributed by atoms with van der Waals surface area (Å²) in [5, 5.41) is 0. The van der Waals surface area contributed by atoms with Crippen molar-refractivity contribution in [2.45, 2.75) is 164 Å². The van der Waals surface area contributed by atoms with Crippen molar-refractivity contribution in [3.05, 3.63) is 30.8 Å². The molecule has 0 aromatic carbocycles. The molecule has 5 saturated carbocycles. The third kappa shape index (κ3) is 6.23. The molecule has 0 bridgehead atoms. The first-order valence-electron chi connectivity index (χ1n) is 14.9. The minimum absolute atomic E-state index is 0.0545. The topological polar surface area (TPSA) is 0 Å². The molecular weight excluding hydrogens is 434 g/mol. The van der Waals surface area contributed by atoms with Crippen molar-refractivity contribution < 1.29 is 0 Å². The summed E-state index contributed by atoms with van der Waals surface area (Å²) in [7, 11) is -0.0211.